The van der Waals surface area contributed by atoms with Gasteiger partial charge in [-0.05, 0) is 50.3 Å². The Morgan fingerprint density at radius 3 is 2.60 bits per heavy atom. The number of nitrogens with two attached hydrogens (primary N) is 1. The summed E-state index contributed by atoms with van der Waals surface area (Å²) in [5.41, 5.74) is 9.05. The Hall–Kier alpha value is -0.540. The van der Waals surface area contributed by atoms with Crippen LogP contribution in [0.1, 0.15) is 29.5 Å². The maximum absolute atomic E-state index is 10.1. The minimum absolute atomic E-state index is 0.0531. The summed E-state index contributed by atoms with van der Waals surface area (Å²) in [5.74, 6) is 0.401. The summed E-state index contributed by atoms with van der Waals surface area (Å²) in [6.45, 7) is 3.93. The van der Waals surface area contributed by atoms with Crippen molar-refractivity contribution in [3.63, 3.8) is 0 Å². The minimum Gasteiger partial charge on any atom is -0.507 e. The third-order valence-electron chi connectivity index (χ3n) is 3.24. The average molecular weight is 270 g/mol. The van der Waals surface area contributed by atoms with Crippen molar-refractivity contribution >= 4 is 15.9 Å². The topological polar surface area (TPSA) is 46.2 Å². The van der Waals surface area contributed by atoms with Gasteiger partial charge in [0.05, 0.1) is 0 Å². The van der Waals surface area contributed by atoms with E-state index >= 15 is 0 Å². The zero-order valence-electron chi connectivity index (χ0n) is 9.10. The summed E-state index contributed by atoms with van der Waals surface area (Å²) in [6.07, 6.45) is 2.93. The van der Waals surface area contributed by atoms with Gasteiger partial charge in [-0.15, -0.1) is 0 Å². The van der Waals surface area contributed by atoms with Crippen molar-refractivity contribution in [1.29, 1.82) is 0 Å². The molecule has 1 aliphatic rings. The normalized spacial score (nSPS) is 17.9. The first-order valence-corrected chi connectivity index (χ1v) is 5.99. The van der Waals surface area contributed by atoms with Crippen molar-refractivity contribution in [2.45, 2.75) is 38.6 Å². The molecule has 82 valence electrons. The smallest absolute Gasteiger partial charge is 0.123 e. The van der Waals surface area contributed by atoms with Gasteiger partial charge in [0, 0.05) is 15.6 Å². The molecule has 0 unspecified atom stereocenters. The fourth-order valence-electron chi connectivity index (χ4n) is 1.82. The standard InChI is InChI=1S/C12H16BrNO/c1-7-5-10(13)8(2)11(15)9(7)6-12(14)3-4-12/h5,15H,3-4,6,14H2,1-2H3. The molecule has 2 nitrogen and oxygen atoms in total. The van der Waals surface area contributed by atoms with Gasteiger partial charge in [0.15, 0.2) is 0 Å². The van der Waals surface area contributed by atoms with Crippen LogP contribution in [0.15, 0.2) is 10.5 Å². The molecule has 1 fully saturated rings. The lowest BCUT2D eigenvalue weighted by Crippen LogP contribution is -2.25. The number of benzene rings is 1. The SMILES string of the molecule is Cc1cc(Br)c(C)c(O)c1CC1(N)CC1. The van der Waals surface area contributed by atoms with Gasteiger partial charge in [-0.3, -0.25) is 0 Å². The van der Waals surface area contributed by atoms with E-state index in [0.717, 1.165) is 40.4 Å². The fraction of sp³-hybridized carbons (Fsp3) is 0.500. The zero-order valence-corrected chi connectivity index (χ0v) is 10.7. The number of hydrogen-bond donors (Lipinski definition) is 2. The predicted octanol–water partition coefficient (Wildman–Crippen LogP) is 2.81. The molecule has 1 aromatic carbocycles. The van der Waals surface area contributed by atoms with Gasteiger partial charge in [-0.1, -0.05) is 15.9 Å². The van der Waals surface area contributed by atoms with Crippen LogP contribution >= 0.6 is 15.9 Å². The molecular weight excluding hydrogens is 254 g/mol. The highest BCUT2D eigenvalue weighted by Gasteiger charge is 2.39. The van der Waals surface area contributed by atoms with Crippen LogP contribution in [0.2, 0.25) is 0 Å². The lowest BCUT2D eigenvalue weighted by molar-refractivity contribution is 0.458. The van der Waals surface area contributed by atoms with Crippen LogP contribution < -0.4 is 5.73 Å². The minimum atomic E-state index is -0.0531. The zero-order chi connectivity index (χ0) is 11.2. The van der Waals surface area contributed by atoms with Crippen molar-refractivity contribution < 1.29 is 5.11 Å². The van der Waals surface area contributed by atoms with Crippen molar-refractivity contribution in [2.24, 2.45) is 5.73 Å². The summed E-state index contributed by atoms with van der Waals surface area (Å²) in [4.78, 5) is 0. The van der Waals surface area contributed by atoms with Crippen LogP contribution in [0.25, 0.3) is 0 Å². The van der Waals surface area contributed by atoms with E-state index in [2.05, 4.69) is 22.0 Å². The summed E-state index contributed by atoms with van der Waals surface area (Å²) in [7, 11) is 0. The maximum Gasteiger partial charge on any atom is 0.123 e. The molecule has 1 saturated carbocycles. The van der Waals surface area contributed by atoms with E-state index in [1.165, 1.54) is 0 Å². The van der Waals surface area contributed by atoms with Crippen LogP contribution in [-0.4, -0.2) is 10.6 Å². The second-order valence-electron chi connectivity index (χ2n) is 4.67. The Balaban J connectivity index is 2.41. The summed E-state index contributed by atoms with van der Waals surface area (Å²) in [6, 6.07) is 2.05. The molecule has 0 heterocycles. The number of phenols is 1. The van der Waals surface area contributed by atoms with Gasteiger partial charge in [0.25, 0.3) is 0 Å². The molecule has 1 aromatic rings. The van der Waals surface area contributed by atoms with Crippen LogP contribution in [0.3, 0.4) is 0 Å². The fourth-order valence-corrected chi connectivity index (χ4v) is 2.36. The molecule has 0 atom stereocenters. The van der Waals surface area contributed by atoms with E-state index in [1.54, 1.807) is 0 Å². The van der Waals surface area contributed by atoms with E-state index in [1.807, 2.05) is 13.8 Å². The molecule has 3 N–H and O–H groups in total. The Bertz CT molecular complexity index is 411. The van der Waals surface area contributed by atoms with Gasteiger partial charge >= 0.3 is 0 Å². The predicted molar refractivity (Wildman–Crippen MR) is 65.1 cm³/mol. The van der Waals surface area contributed by atoms with Gasteiger partial charge in [-0.25, -0.2) is 0 Å². The van der Waals surface area contributed by atoms with Gasteiger partial charge in [0.1, 0.15) is 5.75 Å². The highest BCUT2D eigenvalue weighted by molar-refractivity contribution is 9.10. The summed E-state index contributed by atoms with van der Waals surface area (Å²) in [5, 5.41) is 10.1. The Morgan fingerprint density at radius 1 is 1.47 bits per heavy atom. The van der Waals surface area contributed by atoms with Gasteiger partial charge in [0.2, 0.25) is 0 Å². The van der Waals surface area contributed by atoms with Crippen molar-refractivity contribution in [3.05, 3.63) is 27.2 Å². The second-order valence-corrected chi connectivity index (χ2v) is 5.52. The quantitative estimate of drug-likeness (QED) is 0.868. The summed E-state index contributed by atoms with van der Waals surface area (Å²) >= 11 is 3.44. The first kappa shape index (κ1) is 11.0. The second kappa shape index (κ2) is 3.49. The number of halogens is 1. The molecule has 0 bridgehead atoms. The molecule has 15 heavy (non-hydrogen) atoms. The monoisotopic (exact) mass is 269 g/mol. The highest BCUT2D eigenvalue weighted by Crippen LogP contribution is 2.40. The van der Waals surface area contributed by atoms with Crippen LogP contribution in [-0.2, 0) is 6.42 Å². The first-order valence-electron chi connectivity index (χ1n) is 5.19. The molecule has 0 amide bonds. The molecule has 1 aliphatic carbocycles. The number of aryl methyl sites for hydroxylation is 1. The lowest BCUT2D eigenvalue weighted by atomic mass is 9.97. The molecule has 0 radical (unpaired) electrons. The number of phenolic OH excluding ortho intramolecular Hbond substituents is 1. The molecule has 0 aliphatic heterocycles. The van der Waals surface area contributed by atoms with Crippen LogP contribution in [0.4, 0.5) is 0 Å². The maximum atomic E-state index is 10.1. The number of rotatable bonds is 2. The highest BCUT2D eigenvalue weighted by atomic mass is 79.9. The lowest BCUT2D eigenvalue weighted by Gasteiger charge is -2.15. The molecule has 0 saturated heterocycles. The van der Waals surface area contributed by atoms with Crippen molar-refractivity contribution in [3.8, 4) is 5.75 Å². The molecule has 3 heteroatoms. The van der Waals surface area contributed by atoms with Crippen molar-refractivity contribution in [1.82, 2.24) is 0 Å². The van der Waals surface area contributed by atoms with E-state index in [4.69, 9.17) is 5.73 Å². The summed E-state index contributed by atoms with van der Waals surface area (Å²) < 4.78 is 0.961. The first-order chi connectivity index (χ1) is 6.93. The van der Waals surface area contributed by atoms with E-state index in [-0.39, 0.29) is 5.54 Å². The van der Waals surface area contributed by atoms with E-state index in [9.17, 15) is 5.11 Å². The van der Waals surface area contributed by atoms with Crippen LogP contribution in [0, 0.1) is 13.8 Å². The van der Waals surface area contributed by atoms with E-state index in [0.29, 0.717) is 5.75 Å². The third-order valence-corrected chi connectivity index (χ3v) is 4.06. The molecular formula is C12H16BrNO. The number of aromatic hydroxyl groups is 1. The average Bonchev–Trinajstić information content (AvgIpc) is 2.89. The van der Waals surface area contributed by atoms with Crippen LogP contribution in [0.5, 0.6) is 5.75 Å². The van der Waals surface area contributed by atoms with Gasteiger partial charge in [-0.2, -0.15) is 0 Å². The van der Waals surface area contributed by atoms with E-state index < -0.39 is 0 Å². The number of hydrogen-bond acceptors (Lipinski definition) is 2. The Labute approximate surface area is 98.6 Å². The van der Waals surface area contributed by atoms with Gasteiger partial charge < -0.3 is 10.8 Å². The largest absolute Gasteiger partial charge is 0.507 e. The Morgan fingerprint density at radius 2 is 2.07 bits per heavy atom. The molecule has 0 spiro atoms. The Kier molecular flexibility index (Phi) is 2.55. The molecule has 0 aromatic heterocycles. The molecule has 2 rings (SSSR count). The third kappa shape index (κ3) is 2.04. The van der Waals surface area contributed by atoms with Crippen molar-refractivity contribution in [2.75, 3.05) is 0 Å².